The highest BCUT2D eigenvalue weighted by Gasteiger charge is 2.25. The lowest BCUT2D eigenvalue weighted by Crippen LogP contribution is -2.35. The highest BCUT2D eigenvalue weighted by molar-refractivity contribution is 7.16. The second kappa shape index (κ2) is 8.45. The first kappa shape index (κ1) is 19.7. The maximum atomic E-state index is 13.0. The first-order valence-corrected chi connectivity index (χ1v) is 11.7. The van der Waals surface area contributed by atoms with Crippen molar-refractivity contribution in [3.63, 3.8) is 0 Å². The second-order valence-electron chi connectivity index (χ2n) is 7.24. The van der Waals surface area contributed by atoms with E-state index in [1.54, 1.807) is 6.07 Å². The molecule has 0 saturated heterocycles. The number of fused-ring (bicyclic) bond motifs is 1. The molecule has 0 saturated carbocycles. The van der Waals surface area contributed by atoms with Gasteiger partial charge in [-0.05, 0) is 34.7 Å². The average molecular weight is 446 g/mol. The van der Waals surface area contributed by atoms with Crippen molar-refractivity contribution in [1.29, 1.82) is 0 Å². The highest BCUT2D eigenvalue weighted by atomic mass is 32.1. The van der Waals surface area contributed by atoms with Crippen molar-refractivity contribution < 1.29 is 9.59 Å². The Morgan fingerprint density at radius 2 is 1.71 bits per heavy atom. The summed E-state index contributed by atoms with van der Waals surface area (Å²) in [6.45, 7) is 1.13. The Hall–Kier alpha value is -3.29. The van der Waals surface area contributed by atoms with Crippen LogP contribution in [-0.4, -0.2) is 28.2 Å². The summed E-state index contributed by atoms with van der Waals surface area (Å²) in [6.07, 6.45) is 0.689. The van der Waals surface area contributed by atoms with Crippen LogP contribution in [0.2, 0.25) is 0 Å². The minimum Gasteiger partial charge on any atom is -0.333 e. The number of amides is 2. The molecule has 3 heterocycles. The van der Waals surface area contributed by atoms with Crippen LogP contribution < -0.4 is 5.32 Å². The van der Waals surface area contributed by atoms with E-state index in [4.69, 9.17) is 0 Å². The maximum Gasteiger partial charge on any atom is 0.267 e. The minimum absolute atomic E-state index is 0.0165. The number of hydrogen-bond donors (Lipinski definition) is 1. The third-order valence-electron chi connectivity index (χ3n) is 5.22. The van der Waals surface area contributed by atoms with Crippen LogP contribution in [0.15, 0.2) is 72.1 Å². The fourth-order valence-electron chi connectivity index (χ4n) is 3.61. The van der Waals surface area contributed by atoms with Crippen molar-refractivity contribution in [1.82, 2.24) is 9.88 Å². The molecule has 154 valence electrons. The number of benzene rings is 2. The molecule has 2 aromatic heterocycles. The van der Waals surface area contributed by atoms with E-state index in [1.807, 2.05) is 58.8 Å². The maximum absolute atomic E-state index is 13.0. The number of thiophene rings is 1. The summed E-state index contributed by atoms with van der Waals surface area (Å²) < 4.78 is 0. The number of carbonyl (C=O) groups is 2. The van der Waals surface area contributed by atoms with Gasteiger partial charge in [-0.2, -0.15) is 0 Å². The van der Waals surface area contributed by atoms with Gasteiger partial charge in [0.25, 0.3) is 11.8 Å². The molecule has 5 nitrogen and oxygen atoms in total. The fourth-order valence-corrected chi connectivity index (χ4v) is 5.25. The largest absolute Gasteiger partial charge is 0.333 e. The van der Waals surface area contributed by atoms with Crippen molar-refractivity contribution in [2.75, 3.05) is 11.9 Å². The van der Waals surface area contributed by atoms with Crippen LogP contribution in [0.4, 0.5) is 5.13 Å². The van der Waals surface area contributed by atoms with E-state index in [9.17, 15) is 9.59 Å². The number of rotatable bonds is 4. The lowest BCUT2D eigenvalue weighted by molar-refractivity contribution is 0.0736. The predicted octanol–water partition coefficient (Wildman–Crippen LogP) is 5.32. The molecule has 0 unspecified atom stereocenters. The van der Waals surface area contributed by atoms with E-state index in [-0.39, 0.29) is 11.8 Å². The van der Waals surface area contributed by atoms with Crippen molar-refractivity contribution >= 4 is 39.6 Å². The van der Waals surface area contributed by atoms with Crippen LogP contribution in [0.1, 0.15) is 30.6 Å². The Kier molecular flexibility index (Phi) is 5.36. The fraction of sp³-hybridized carbons (Fsp3) is 0.125. The van der Waals surface area contributed by atoms with Crippen LogP contribution in [-0.2, 0) is 13.0 Å². The number of carbonyl (C=O) groups excluding carboxylic acids is 2. The predicted molar refractivity (Wildman–Crippen MR) is 125 cm³/mol. The second-order valence-corrected chi connectivity index (χ2v) is 9.27. The molecule has 0 spiro atoms. The minimum atomic E-state index is -0.146. The van der Waals surface area contributed by atoms with Gasteiger partial charge in [0.15, 0.2) is 5.13 Å². The Morgan fingerprint density at radius 1 is 0.935 bits per heavy atom. The van der Waals surface area contributed by atoms with Crippen molar-refractivity contribution in [3.05, 3.63) is 93.1 Å². The molecule has 0 bridgehead atoms. The van der Waals surface area contributed by atoms with Crippen LogP contribution in [0.3, 0.4) is 0 Å². The van der Waals surface area contributed by atoms with E-state index >= 15 is 0 Å². The average Bonchev–Trinajstić information content (AvgIpc) is 3.48. The van der Waals surface area contributed by atoms with Crippen LogP contribution in [0, 0.1) is 0 Å². The van der Waals surface area contributed by atoms with E-state index in [2.05, 4.69) is 22.4 Å². The number of aromatic nitrogens is 1. The van der Waals surface area contributed by atoms with Crippen LogP contribution >= 0.6 is 22.7 Å². The van der Waals surface area contributed by atoms with Gasteiger partial charge in [-0.15, -0.1) is 11.3 Å². The van der Waals surface area contributed by atoms with Crippen molar-refractivity contribution in [2.24, 2.45) is 0 Å². The highest BCUT2D eigenvalue weighted by Crippen LogP contribution is 2.30. The van der Waals surface area contributed by atoms with Gasteiger partial charge in [-0.25, -0.2) is 4.98 Å². The molecule has 0 radical (unpaired) electrons. The topological polar surface area (TPSA) is 62.3 Å². The molecule has 0 atom stereocenters. The van der Waals surface area contributed by atoms with E-state index in [0.29, 0.717) is 35.1 Å². The Balaban J connectivity index is 1.27. The van der Waals surface area contributed by atoms with Gasteiger partial charge in [0.05, 0.1) is 17.1 Å². The lowest BCUT2D eigenvalue weighted by atomic mass is 10.0. The molecule has 4 aromatic rings. The van der Waals surface area contributed by atoms with Gasteiger partial charge >= 0.3 is 0 Å². The molecule has 2 amide bonds. The summed E-state index contributed by atoms with van der Waals surface area (Å²) in [5, 5.41) is 5.34. The van der Waals surface area contributed by atoms with E-state index in [0.717, 1.165) is 21.7 Å². The van der Waals surface area contributed by atoms with Gasteiger partial charge in [0.1, 0.15) is 0 Å². The van der Waals surface area contributed by atoms with Crippen molar-refractivity contribution in [3.8, 4) is 11.1 Å². The van der Waals surface area contributed by atoms with Gasteiger partial charge in [0, 0.05) is 23.4 Å². The Morgan fingerprint density at radius 3 is 2.45 bits per heavy atom. The zero-order valence-electron chi connectivity index (χ0n) is 16.6. The zero-order valence-corrected chi connectivity index (χ0v) is 18.2. The summed E-state index contributed by atoms with van der Waals surface area (Å²) >= 11 is 2.84. The van der Waals surface area contributed by atoms with Gasteiger partial charge < -0.3 is 4.90 Å². The lowest BCUT2D eigenvalue weighted by Gasteiger charge is -2.26. The van der Waals surface area contributed by atoms with Crippen LogP contribution in [0.5, 0.6) is 0 Å². The van der Waals surface area contributed by atoms with E-state index in [1.165, 1.54) is 22.7 Å². The summed E-state index contributed by atoms with van der Waals surface area (Å²) in [7, 11) is 0. The standard InChI is InChI=1S/C24H19N3O2S2/c28-22(20-7-4-14-30-20)26-24-25-19-12-13-27(15-21(19)31-24)23(29)18-10-8-17(9-11-18)16-5-2-1-3-6-16/h1-11,14H,12-13,15H2,(H,25,26,28). The quantitative estimate of drug-likeness (QED) is 0.462. The van der Waals surface area contributed by atoms with Crippen LogP contribution in [0.25, 0.3) is 11.1 Å². The molecule has 7 heteroatoms. The molecular formula is C24H19N3O2S2. The normalized spacial score (nSPS) is 13.0. The number of anilines is 1. The third-order valence-corrected chi connectivity index (χ3v) is 7.09. The Bertz CT molecular complexity index is 1220. The first-order chi connectivity index (χ1) is 15.2. The molecular weight excluding hydrogens is 426 g/mol. The number of nitrogens with one attached hydrogen (secondary N) is 1. The molecule has 1 aliphatic heterocycles. The molecule has 5 rings (SSSR count). The molecule has 0 aliphatic carbocycles. The van der Waals surface area contributed by atoms with Gasteiger partial charge in [-0.1, -0.05) is 59.9 Å². The summed E-state index contributed by atoms with van der Waals surface area (Å²) in [5.41, 5.74) is 3.87. The van der Waals surface area contributed by atoms with Crippen molar-refractivity contribution in [2.45, 2.75) is 13.0 Å². The van der Waals surface area contributed by atoms with E-state index < -0.39 is 0 Å². The smallest absolute Gasteiger partial charge is 0.267 e. The number of nitrogens with zero attached hydrogens (tertiary/aromatic N) is 2. The zero-order chi connectivity index (χ0) is 21.2. The molecule has 1 N–H and O–H groups in total. The summed E-state index contributed by atoms with van der Waals surface area (Å²) in [6, 6.07) is 21.5. The number of thiazole rings is 1. The third kappa shape index (κ3) is 4.15. The van der Waals surface area contributed by atoms with Gasteiger partial charge in [-0.3, -0.25) is 14.9 Å². The molecule has 1 aliphatic rings. The Labute approximate surface area is 188 Å². The molecule has 0 fully saturated rings. The van der Waals surface area contributed by atoms with Gasteiger partial charge in [0.2, 0.25) is 0 Å². The molecule has 2 aromatic carbocycles. The summed E-state index contributed by atoms with van der Waals surface area (Å²) in [5.74, 6) is -0.129. The molecule has 31 heavy (non-hydrogen) atoms. The monoisotopic (exact) mass is 445 g/mol. The SMILES string of the molecule is O=C(Nc1nc2c(s1)CN(C(=O)c1ccc(-c3ccccc3)cc1)CC2)c1cccs1. The number of hydrogen-bond acceptors (Lipinski definition) is 5. The first-order valence-electron chi connectivity index (χ1n) is 9.95. The summed E-state index contributed by atoms with van der Waals surface area (Å²) in [4.78, 5) is 33.4.